The molecule has 0 spiro atoms. The molecule has 0 saturated carbocycles. The smallest absolute Gasteiger partial charge is 0.337 e. The van der Waals surface area contributed by atoms with Crippen LogP contribution < -0.4 is 0 Å². The highest BCUT2D eigenvalue weighted by molar-refractivity contribution is 5.89. The average molecular weight is 235 g/mol. The normalized spacial score (nSPS) is 19.8. The molecule has 1 N–H and O–H groups in total. The van der Waals surface area contributed by atoms with Crippen LogP contribution in [0.4, 0.5) is 0 Å². The molecule has 1 aliphatic heterocycles. The number of hydrogen-bond donors (Lipinski definition) is 1. The van der Waals surface area contributed by atoms with E-state index < -0.39 is 5.97 Å². The van der Waals surface area contributed by atoms with Gasteiger partial charge >= 0.3 is 5.97 Å². The standard InChI is InChI=1S/C13H17NO3/c1-8(2)12-10(13(15)16)3-4-11(14-12)9-5-6-17-7-9/h3-4,8-9H,5-7H2,1-2H3,(H,15,16). The summed E-state index contributed by atoms with van der Waals surface area (Å²) in [6, 6.07) is 3.48. The van der Waals surface area contributed by atoms with Gasteiger partial charge in [-0.1, -0.05) is 13.8 Å². The number of hydrogen-bond acceptors (Lipinski definition) is 3. The summed E-state index contributed by atoms with van der Waals surface area (Å²) < 4.78 is 5.33. The summed E-state index contributed by atoms with van der Waals surface area (Å²) in [6.45, 7) is 5.38. The molecule has 0 bridgehead atoms. The van der Waals surface area contributed by atoms with Crippen molar-refractivity contribution in [3.05, 3.63) is 29.1 Å². The molecule has 1 fully saturated rings. The van der Waals surface area contributed by atoms with Crippen LogP contribution in [0.3, 0.4) is 0 Å². The summed E-state index contributed by atoms with van der Waals surface area (Å²) in [5.41, 5.74) is 1.93. The van der Waals surface area contributed by atoms with Gasteiger partial charge in [0.15, 0.2) is 0 Å². The maximum absolute atomic E-state index is 11.1. The van der Waals surface area contributed by atoms with Gasteiger partial charge in [0.2, 0.25) is 0 Å². The van der Waals surface area contributed by atoms with Crippen LogP contribution >= 0.6 is 0 Å². The van der Waals surface area contributed by atoms with E-state index in [1.807, 2.05) is 19.9 Å². The Labute approximate surface area is 101 Å². The fourth-order valence-electron chi connectivity index (χ4n) is 2.11. The van der Waals surface area contributed by atoms with E-state index in [9.17, 15) is 4.79 Å². The minimum absolute atomic E-state index is 0.114. The third-order valence-electron chi connectivity index (χ3n) is 3.07. The third kappa shape index (κ3) is 2.47. The summed E-state index contributed by atoms with van der Waals surface area (Å²) in [5, 5.41) is 9.11. The maximum Gasteiger partial charge on any atom is 0.337 e. The van der Waals surface area contributed by atoms with Gasteiger partial charge in [-0.2, -0.15) is 0 Å². The van der Waals surface area contributed by atoms with Crippen LogP contribution in [0.1, 0.15) is 53.8 Å². The number of carboxylic acids is 1. The summed E-state index contributed by atoms with van der Waals surface area (Å²) in [6.07, 6.45) is 0.969. The van der Waals surface area contributed by atoms with Gasteiger partial charge < -0.3 is 9.84 Å². The lowest BCUT2D eigenvalue weighted by Crippen LogP contribution is -2.10. The number of pyridine rings is 1. The van der Waals surface area contributed by atoms with E-state index in [-0.39, 0.29) is 5.92 Å². The minimum Gasteiger partial charge on any atom is -0.478 e. The molecule has 17 heavy (non-hydrogen) atoms. The van der Waals surface area contributed by atoms with E-state index in [1.54, 1.807) is 6.07 Å². The predicted molar refractivity (Wildman–Crippen MR) is 63.5 cm³/mol. The number of nitrogens with zero attached hydrogens (tertiary/aromatic N) is 1. The number of carbonyl (C=O) groups is 1. The van der Waals surface area contributed by atoms with Crippen molar-refractivity contribution in [3.8, 4) is 0 Å². The largest absolute Gasteiger partial charge is 0.478 e. The molecule has 0 radical (unpaired) electrons. The van der Waals surface area contributed by atoms with Crippen molar-refractivity contribution in [3.63, 3.8) is 0 Å². The van der Waals surface area contributed by atoms with Crippen molar-refractivity contribution < 1.29 is 14.6 Å². The van der Waals surface area contributed by atoms with Gasteiger partial charge in [0, 0.05) is 18.2 Å². The molecule has 1 aromatic heterocycles. The van der Waals surface area contributed by atoms with Gasteiger partial charge in [0.25, 0.3) is 0 Å². The topological polar surface area (TPSA) is 59.4 Å². The van der Waals surface area contributed by atoms with Gasteiger partial charge in [-0.05, 0) is 24.5 Å². The highest BCUT2D eigenvalue weighted by Gasteiger charge is 2.22. The highest BCUT2D eigenvalue weighted by atomic mass is 16.5. The zero-order valence-corrected chi connectivity index (χ0v) is 10.1. The summed E-state index contributed by atoms with van der Waals surface area (Å²) in [7, 11) is 0. The fraction of sp³-hybridized carbons (Fsp3) is 0.538. The van der Waals surface area contributed by atoms with Crippen LogP contribution in [-0.4, -0.2) is 29.3 Å². The number of rotatable bonds is 3. The second-order valence-electron chi connectivity index (χ2n) is 4.69. The zero-order chi connectivity index (χ0) is 12.4. The molecule has 0 aromatic carbocycles. The van der Waals surface area contributed by atoms with Crippen LogP contribution in [0.15, 0.2) is 12.1 Å². The Morgan fingerprint density at radius 1 is 1.53 bits per heavy atom. The SMILES string of the molecule is CC(C)c1nc(C2CCOC2)ccc1C(=O)O. The fourth-order valence-corrected chi connectivity index (χ4v) is 2.11. The van der Waals surface area contributed by atoms with E-state index >= 15 is 0 Å². The van der Waals surface area contributed by atoms with Gasteiger partial charge in [0.1, 0.15) is 0 Å². The van der Waals surface area contributed by atoms with Crippen molar-refractivity contribution in [2.75, 3.05) is 13.2 Å². The first-order valence-corrected chi connectivity index (χ1v) is 5.91. The molecule has 0 amide bonds. The molecule has 4 heteroatoms. The van der Waals surface area contributed by atoms with E-state index in [4.69, 9.17) is 9.84 Å². The Hall–Kier alpha value is -1.42. The molecule has 1 unspecified atom stereocenters. The molecule has 2 rings (SSSR count). The van der Waals surface area contributed by atoms with Gasteiger partial charge in [-0.25, -0.2) is 4.79 Å². The number of ether oxygens (including phenoxy) is 1. The van der Waals surface area contributed by atoms with Crippen LogP contribution in [-0.2, 0) is 4.74 Å². The molecular formula is C13H17NO3. The summed E-state index contributed by atoms with van der Waals surface area (Å²) in [5.74, 6) is -0.478. The first kappa shape index (κ1) is 12.0. The number of aromatic carboxylic acids is 1. The highest BCUT2D eigenvalue weighted by Crippen LogP contribution is 2.26. The molecule has 2 heterocycles. The molecule has 1 aromatic rings. The molecule has 0 aliphatic carbocycles. The van der Waals surface area contributed by atoms with E-state index in [0.717, 1.165) is 18.7 Å². The molecule has 1 saturated heterocycles. The molecule has 4 nitrogen and oxygen atoms in total. The van der Waals surface area contributed by atoms with E-state index in [1.165, 1.54) is 0 Å². The predicted octanol–water partition coefficient (Wildman–Crippen LogP) is 2.41. The monoisotopic (exact) mass is 235 g/mol. The zero-order valence-electron chi connectivity index (χ0n) is 10.1. The average Bonchev–Trinajstić information content (AvgIpc) is 2.81. The first-order valence-electron chi connectivity index (χ1n) is 5.91. The van der Waals surface area contributed by atoms with Crippen LogP contribution in [0, 0.1) is 0 Å². The quantitative estimate of drug-likeness (QED) is 0.874. The molecule has 92 valence electrons. The third-order valence-corrected chi connectivity index (χ3v) is 3.07. The molecule has 1 aliphatic rings. The lowest BCUT2D eigenvalue weighted by atomic mass is 9.99. The Kier molecular flexibility index (Phi) is 3.43. The second-order valence-corrected chi connectivity index (χ2v) is 4.69. The molecular weight excluding hydrogens is 218 g/mol. The Balaban J connectivity index is 2.37. The Bertz CT molecular complexity index is 423. The van der Waals surface area contributed by atoms with E-state index in [2.05, 4.69) is 4.98 Å². The summed E-state index contributed by atoms with van der Waals surface area (Å²) in [4.78, 5) is 15.6. The molecule has 1 atom stereocenters. The lowest BCUT2D eigenvalue weighted by Gasteiger charge is -2.13. The first-order chi connectivity index (χ1) is 8.09. The van der Waals surface area contributed by atoms with Crippen LogP contribution in [0.25, 0.3) is 0 Å². The van der Waals surface area contributed by atoms with E-state index in [0.29, 0.717) is 23.8 Å². The van der Waals surface area contributed by atoms with Crippen LogP contribution in [0.5, 0.6) is 0 Å². The maximum atomic E-state index is 11.1. The van der Waals surface area contributed by atoms with Crippen molar-refractivity contribution in [1.82, 2.24) is 4.98 Å². The second kappa shape index (κ2) is 4.84. The lowest BCUT2D eigenvalue weighted by molar-refractivity contribution is 0.0694. The number of carboxylic acid groups (broad SMARTS) is 1. The van der Waals surface area contributed by atoms with Gasteiger partial charge in [0.05, 0.1) is 17.9 Å². The van der Waals surface area contributed by atoms with Gasteiger partial charge in [-0.15, -0.1) is 0 Å². The minimum atomic E-state index is -0.907. The van der Waals surface area contributed by atoms with Crippen molar-refractivity contribution in [1.29, 1.82) is 0 Å². The van der Waals surface area contributed by atoms with Crippen molar-refractivity contribution in [2.45, 2.75) is 32.1 Å². The summed E-state index contributed by atoms with van der Waals surface area (Å²) >= 11 is 0. The van der Waals surface area contributed by atoms with Gasteiger partial charge in [-0.3, -0.25) is 4.98 Å². The van der Waals surface area contributed by atoms with Crippen LogP contribution in [0.2, 0.25) is 0 Å². The van der Waals surface area contributed by atoms with Crippen molar-refractivity contribution >= 4 is 5.97 Å². The number of aromatic nitrogens is 1. The van der Waals surface area contributed by atoms with Crippen molar-refractivity contribution in [2.24, 2.45) is 0 Å². The Morgan fingerprint density at radius 3 is 2.82 bits per heavy atom. The Morgan fingerprint density at radius 2 is 2.29 bits per heavy atom.